The van der Waals surface area contributed by atoms with E-state index < -0.39 is 0 Å². The molecular weight excluding hydrogens is 202 g/mol. The number of anilines is 2. The fourth-order valence-corrected chi connectivity index (χ4v) is 1.17. The van der Waals surface area contributed by atoms with Crippen LogP contribution in [0.5, 0.6) is 5.88 Å². The van der Waals surface area contributed by atoms with Crippen molar-refractivity contribution in [3.8, 4) is 5.88 Å². The van der Waals surface area contributed by atoms with Crippen LogP contribution in [0, 0.1) is 0 Å². The van der Waals surface area contributed by atoms with E-state index in [2.05, 4.69) is 16.9 Å². The molecule has 0 aliphatic heterocycles. The van der Waals surface area contributed by atoms with Crippen molar-refractivity contribution in [3.63, 3.8) is 0 Å². The summed E-state index contributed by atoms with van der Waals surface area (Å²) in [5.74, 6) is 1.28. The highest BCUT2D eigenvalue weighted by Gasteiger charge is 2.03. The lowest BCUT2D eigenvalue weighted by Crippen LogP contribution is -2.06. The zero-order chi connectivity index (χ0) is 11.8. The number of hydrogen-bond donors (Lipinski definition) is 2. The van der Waals surface area contributed by atoms with Crippen molar-refractivity contribution < 1.29 is 4.74 Å². The average molecular weight is 221 g/mol. The molecule has 1 aromatic rings. The smallest absolute Gasteiger partial charge is 0.239 e. The monoisotopic (exact) mass is 221 g/mol. The third kappa shape index (κ3) is 3.81. The summed E-state index contributed by atoms with van der Waals surface area (Å²) in [6.07, 6.45) is 3.70. The summed E-state index contributed by atoms with van der Waals surface area (Å²) < 4.78 is 5.44. The molecule has 0 fully saturated rings. The first-order chi connectivity index (χ1) is 7.77. The van der Waals surface area contributed by atoms with E-state index in [4.69, 9.17) is 10.5 Å². The second-order valence-corrected chi connectivity index (χ2v) is 3.44. The zero-order valence-electron chi connectivity index (χ0n) is 9.70. The van der Waals surface area contributed by atoms with Gasteiger partial charge in [-0.1, -0.05) is 13.0 Å². The van der Waals surface area contributed by atoms with Gasteiger partial charge in [0.2, 0.25) is 5.88 Å². The predicted molar refractivity (Wildman–Crippen MR) is 67.7 cm³/mol. The third-order valence-corrected chi connectivity index (χ3v) is 1.99. The Hall–Kier alpha value is -1.71. The van der Waals surface area contributed by atoms with Gasteiger partial charge in [0, 0.05) is 6.54 Å². The molecule has 1 rings (SSSR count). The summed E-state index contributed by atoms with van der Waals surface area (Å²) in [5, 5.41) is 3.17. The van der Waals surface area contributed by atoms with E-state index in [1.807, 2.05) is 19.1 Å². The molecule has 16 heavy (non-hydrogen) atoms. The maximum atomic E-state index is 5.75. The molecule has 0 spiro atoms. The van der Waals surface area contributed by atoms with Crippen LogP contribution in [0.1, 0.15) is 19.8 Å². The number of nitrogens with two attached hydrogens (primary N) is 1. The van der Waals surface area contributed by atoms with Gasteiger partial charge in [-0.25, -0.2) is 0 Å². The standard InChI is InChI=1S/C12H19N3O/c1-3-5-8-14-11-7-6-10(13)12(15-11)16-9-4-2/h3,6-7H,1,4-5,8-9,13H2,2H3,(H,14,15). The Kier molecular flexibility index (Phi) is 5.19. The predicted octanol–water partition coefficient (Wildman–Crippen LogP) is 2.44. The largest absolute Gasteiger partial charge is 0.476 e. The van der Waals surface area contributed by atoms with Gasteiger partial charge in [-0.2, -0.15) is 4.98 Å². The highest BCUT2D eigenvalue weighted by atomic mass is 16.5. The number of ether oxygens (including phenoxy) is 1. The van der Waals surface area contributed by atoms with Crippen LogP contribution in [0.4, 0.5) is 11.5 Å². The van der Waals surface area contributed by atoms with E-state index in [1.165, 1.54) is 0 Å². The van der Waals surface area contributed by atoms with E-state index in [9.17, 15) is 0 Å². The molecule has 0 aliphatic carbocycles. The minimum atomic E-state index is 0.505. The Labute approximate surface area is 96.5 Å². The minimum Gasteiger partial charge on any atom is -0.476 e. The van der Waals surface area contributed by atoms with Crippen molar-refractivity contribution in [2.24, 2.45) is 0 Å². The van der Waals surface area contributed by atoms with Gasteiger partial charge in [0.25, 0.3) is 0 Å². The maximum Gasteiger partial charge on any atom is 0.239 e. The summed E-state index contributed by atoms with van der Waals surface area (Å²) >= 11 is 0. The molecular formula is C12H19N3O. The van der Waals surface area contributed by atoms with Gasteiger partial charge in [-0.05, 0) is 25.0 Å². The molecule has 0 saturated heterocycles. The van der Waals surface area contributed by atoms with Gasteiger partial charge in [0.1, 0.15) is 5.82 Å². The Morgan fingerprint density at radius 1 is 1.56 bits per heavy atom. The fraction of sp³-hybridized carbons (Fsp3) is 0.417. The van der Waals surface area contributed by atoms with Crippen LogP contribution in [-0.2, 0) is 0 Å². The van der Waals surface area contributed by atoms with Crippen LogP contribution in [-0.4, -0.2) is 18.1 Å². The molecule has 1 heterocycles. The Morgan fingerprint density at radius 3 is 3.06 bits per heavy atom. The van der Waals surface area contributed by atoms with Crippen molar-refractivity contribution in [1.29, 1.82) is 0 Å². The van der Waals surface area contributed by atoms with Crippen molar-refractivity contribution >= 4 is 11.5 Å². The van der Waals surface area contributed by atoms with Crippen molar-refractivity contribution in [2.45, 2.75) is 19.8 Å². The van der Waals surface area contributed by atoms with Crippen molar-refractivity contribution in [2.75, 3.05) is 24.2 Å². The lowest BCUT2D eigenvalue weighted by molar-refractivity contribution is 0.307. The molecule has 0 radical (unpaired) electrons. The number of hydrogen-bond acceptors (Lipinski definition) is 4. The van der Waals surface area contributed by atoms with Crippen LogP contribution >= 0.6 is 0 Å². The van der Waals surface area contributed by atoms with Crippen molar-refractivity contribution in [3.05, 3.63) is 24.8 Å². The molecule has 0 aromatic carbocycles. The molecule has 0 amide bonds. The van der Waals surface area contributed by atoms with Crippen LogP contribution in [0.2, 0.25) is 0 Å². The highest BCUT2D eigenvalue weighted by Crippen LogP contribution is 2.20. The van der Waals surface area contributed by atoms with Crippen LogP contribution < -0.4 is 15.8 Å². The number of nitrogen functional groups attached to an aromatic ring is 1. The molecule has 0 unspecified atom stereocenters. The topological polar surface area (TPSA) is 60.2 Å². The highest BCUT2D eigenvalue weighted by molar-refractivity contribution is 5.53. The Morgan fingerprint density at radius 2 is 2.38 bits per heavy atom. The number of aromatic nitrogens is 1. The van der Waals surface area contributed by atoms with Crippen LogP contribution in [0.3, 0.4) is 0 Å². The minimum absolute atomic E-state index is 0.505. The van der Waals surface area contributed by atoms with Gasteiger partial charge >= 0.3 is 0 Å². The van der Waals surface area contributed by atoms with E-state index in [1.54, 1.807) is 6.07 Å². The lowest BCUT2D eigenvalue weighted by atomic mass is 10.3. The second-order valence-electron chi connectivity index (χ2n) is 3.44. The van der Waals surface area contributed by atoms with E-state index in [0.29, 0.717) is 18.2 Å². The van der Waals surface area contributed by atoms with Crippen molar-refractivity contribution in [1.82, 2.24) is 4.98 Å². The van der Waals surface area contributed by atoms with Crippen LogP contribution in [0.25, 0.3) is 0 Å². The van der Waals surface area contributed by atoms with Gasteiger partial charge in [-0.15, -0.1) is 6.58 Å². The number of pyridine rings is 1. The first-order valence-electron chi connectivity index (χ1n) is 5.52. The lowest BCUT2D eigenvalue weighted by Gasteiger charge is -2.09. The number of rotatable bonds is 7. The number of nitrogens with one attached hydrogen (secondary N) is 1. The average Bonchev–Trinajstić information content (AvgIpc) is 2.30. The molecule has 1 aromatic heterocycles. The SMILES string of the molecule is C=CCCNc1ccc(N)c(OCCC)n1. The van der Waals surface area contributed by atoms with E-state index in [-0.39, 0.29) is 0 Å². The van der Waals surface area contributed by atoms with Gasteiger partial charge in [0.05, 0.1) is 12.3 Å². The molecule has 0 saturated carbocycles. The molecule has 4 nitrogen and oxygen atoms in total. The van der Waals surface area contributed by atoms with E-state index >= 15 is 0 Å². The molecule has 3 N–H and O–H groups in total. The normalized spacial score (nSPS) is 9.81. The molecule has 0 atom stereocenters. The van der Waals surface area contributed by atoms with Crippen LogP contribution in [0.15, 0.2) is 24.8 Å². The summed E-state index contributed by atoms with van der Waals surface area (Å²) in [6, 6.07) is 3.64. The quantitative estimate of drug-likeness (QED) is 0.548. The molecule has 88 valence electrons. The van der Waals surface area contributed by atoms with Gasteiger partial charge < -0.3 is 15.8 Å². The van der Waals surface area contributed by atoms with Gasteiger partial charge in [-0.3, -0.25) is 0 Å². The zero-order valence-corrected chi connectivity index (χ0v) is 9.70. The molecule has 0 bridgehead atoms. The van der Waals surface area contributed by atoms with Gasteiger partial charge in [0.15, 0.2) is 0 Å². The Bertz CT molecular complexity index is 339. The molecule has 4 heteroatoms. The van der Waals surface area contributed by atoms with E-state index in [0.717, 1.165) is 25.2 Å². The summed E-state index contributed by atoms with van der Waals surface area (Å²) in [5.41, 5.74) is 6.33. The Balaban J connectivity index is 2.61. The first kappa shape index (κ1) is 12.4. The summed E-state index contributed by atoms with van der Waals surface area (Å²) in [7, 11) is 0. The first-order valence-corrected chi connectivity index (χ1v) is 5.52. The molecule has 0 aliphatic rings. The fourth-order valence-electron chi connectivity index (χ4n) is 1.17. The second kappa shape index (κ2) is 6.71. The number of nitrogens with zero attached hydrogens (tertiary/aromatic N) is 1. The summed E-state index contributed by atoms with van der Waals surface area (Å²) in [4.78, 5) is 4.29. The summed E-state index contributed by atoms with van der Waals surface area (Å²) in [6.45, 7) is 7.15. The third-order valence-electron chi connectivity index (χ3n) is 1.99. The maximum absolute atomic E-state index is 5.75.